The summed E-state index contributed by atoms with van der Waals surface area (Å²) in [5.41, 5.74) is 0.629. The van der Waals surface area contributed by atoms with Crippen molar-refractivity contribution < 1.29 is 13.6 Å². The third-order valence-corrected chi connectivity index (χ3v) is 4.16. The number of hydrogen-bond donors (Lipinski definition) is 1. The monoisotopic (exact) mass is 364 g/mol. The van der Waals surface area contributed by atoms with Gasteiger partial charge in [0.2, 0.25) is 0 Å². The van der Waals surface area contributed by atoms with E-state index in [2.05, 4.69) is 10.4 Å². The molecule has 0 atom stereocenters. The Balaban J connectivity index is 1.65. The van der Waals surface area contributed by atoms with Crippen LogP contribution in [0.2, 0.25) is 0 Å². The summed E-state index contributed by atoms with van der Waals surface area (Å²) >= 11 is 0. The lowest BCUT2D eigenvalue weighted by Crippen LogP contribution is -2.26. The molecule has 0 radical (unpaired) electrons. The molecule has 136 valence electrons. The maximum absolute atomic E-state index is 14.3. The Bertz CT molecular complexity index is 1040. The van der Waals surface area contributed by atoms with Gasteiger partial charge in [0.25, 0.3) is 5.91 Å². The van der Waals surface area contributed by atoms with E-state index in [0.717, 1.165) is 5.76 Å². The Labute approximate surface area is 154 Å². The number of hydrogen-bond acceptors (Lipinski definition) is 3. The van der Waals surface area contributed by atoms with Gasteiger partial charge in [0.05, 0.1) is 12.5 Å². The summed E-state index contributed by atoms with van der Waals surface area (Å²) in [4.78, 5) is 12.7. The zero-order chi connectivity index (χ0) is 18.6. The van der Waals surface area contributed by atoms with E-state index in [1.807, 2.05) is 18.2 Å². The molecule has 0 saturated carbocycles. The third-order valence-electron chi connectivity index (χ3n) is 4.16. The Kier molecular flexibility index (Phi) is 4.57. The average molecular weight is 364 g/mol. The highest BCUT2D eigenvalue weighted by molar-refractivity contribution is 5.97. The smallest absolute Gasteiger partial charge is 0.256 e. The fourth-order valence-electron chi connectivity index (χ4n) is 2.88. The molecule has 1 amide bonds. The molecule has 1 N–H and O–H groups in total. The molecule has 1 aromatic carbocycles. The molecule has 0 bridgehead atoms. The van der Waals surface area contributed by atoms with Gasteiger partial charge in [-0.3, -0.25) is 4.79 Å². The largest absolute Gasteiger partial charge is 0.469 e. The van der Waals surface area contributed by atoms with Gasteiger partial charge in [0.1, 0.15) is 22.8 Å². The van der Waals surface area contributed by atoms with Gasteiger partial charge in [0, 0.05) is 25.4 Å². The summed E-state index contributed by atoms with van der Waals surface area (Å²) in [6, 6.07) is 13.6. The van der Waals surface area contributed by atoms with Gasteiger partial charge in [-0.15, -0.1) is 0 Å². The van der Waals surface area contributed by atoms with Crippen molar-refractivity contribution in [1.29, 1.82) is 0 Å². The Morgan fingerprint density at radius 2 is 1.93 bits per heavy atom. The number of nitrogens with zero attached hydrogens (tertiary/aromatic N) is 3. The minimum absolute atomic E-state index is 0.274. The number of aromatic nitrogens is 3. The number of carbonyl (C=O) groups excluding carboxylic acids is 1. The van der Waals surface area contributed by atoms with Crippen molar-refractivity contribution in [3.05, 3.63) is 90.5 Å². The molecule has 0 unspecified atom stereocenters. The molecule has 0 spiro atoms. The first kappa shape index (κ1) is 16.8. The van der Waals surface area contributed by atoms with Gasteiger partial charge in [-0.25, -0.2) is 9.07 Å². The summed E-state index contributed by atoms with van der Waals surface area (Å²) < 4.78 is 22.7. The van der Waals surface area contributed by atoms with Crippen LogP contribution >= 0.6 is 0 Å². The molecule has 3 aromatic heterocycles. The summed E-state index contributed by atoms with van der Waals surface area (Å²) in [6.45, 7) is 0.419. The second-order valence-electron chi connectivity index (χ2n) is 5.92. The highest BCUT2D eigenvalue weighted by Gasteiger charge is 2.21. The zero-order valence-corrected chi connectivity index (χ0v) is 14.4. The SMILES string of the molecule is O=C(NCCc1ccco1)c1cnn(-c2ccccc2F)c1-n1cccc1. The van der Waals surface area contributed by atoms with E-state index in [1.165, 1.54) is 16.9 Å². The first-order chi connectivity index (χ1) is 13.2. The molecule has 0 aliphatic heterocycles. The van der Waals surface area contributed by atoms with Gasteiger partial charge in [-0.05, 0) is 36.4 Å². The van der Waals surface area contributed by atoms with Crippen molar-refractivity contribution in [2.75, 3.05) is 6.54 Å². The van der Waals surface area contributed by atoms with Crippen molar-refractivity contribution in [2.45, 2.75) is 6.42 Å². The topological polar surface area (TPSA) is 65.0 Å². The van der Waals surface area contributed by atoms with Gasteiger partial charge in [0.15, 0.2) is 5.82 Å². The standard InChI is InChI=1S/C20H17FN4O2/c21-17-7-1-2-8-18(17)25-20(24-11-3-4-12-24)16(14-23-25)19(26)22-10-9-15-6-5-13-27-15/h1-8,11-14H,9-10H2,(H,22,26). The molecule has 4 rings (SSSR count). The van der Waals surface area contributed by atoms with Crippen LogP contribution in [0.3, 0.4) is 0 Å². The summed E-state index contributed by atoms with van der Waals surface area (Å²) in [7, 11) is 0. The zero-order valence-electron chi connectivity index (χ0n) is 14.4. The van der Waals surface area contributed by atoms with E-state index in [1.54, 1.807) is 47.5 Å². The highest BCUT2D eigenvalue weighted by Crippen LogP contribution is 2.21. The minimum Gasteiger partial charge on any atom is -0.469 e. The lowest BCUT2D eigenvalue weighted by Gasteiger charge is -2.11. The van der Waals surface area contributed by atoms with E-state index >= 15 is 0 Å². The Morgan fingerprint density at radius 1 is 1.11 bits per heavy atom. The van der Waals surface area contributed by atoms with Crippen LogP contribution in [0.15, 0.2) is 77.8 Å². The Morgan fingerprint density at radius 3 is 2.67 bits per heavy atom. The summed E-state index contributed by atoms with van der Waals surface area (Å²) in [5, 5.41) is 7.12. The molecular weight excluding hydrogens is 347 g/mol. The first-order valence-corrected chi connectivity index (χ1v) is 8.51. The molecule has 6 nitrogen and oxygen atoms in total. The normalized spacial score (nSPS) is 10.9. The van der Waals surface area contributed by atoms with Crippen molar-refractivity contribution in [3.8, 4) is 11.5 Å². The van der Waals surface area contributed by atoms with Gasteiger partial charge in [-0.1, -0.05) is 12.1 Å². The molecule has 0 aliphatic rings. The number of nitrogens with one attached hydrogen (secondary N) is 1. The van der Waals surface area contributed by atoms with Crippen LogP contribution in [0.25, 0.3) is 11.5 Å². The maximum atomic E-state index is 14.3. The highest BCUT2D eigenvalue weighted by atomic mass is 19.1. The molecule has 0 aliphatic carbocycles. The number of amides is 1. The van der Waals surface area contributed by atoms with Crippen molar-refractivity contribution >= 4 is 5.91 Å². The molecule has 27 heavy (non-hydrogen) atoms. The molecular formula is C20H17FN4O2. The fraction of sp³-hybridized carbons (Fsp3) is 0.100. The van der Waals surface area contributed by atoms with Crippen LogP contribution in [-0.4, -0.2) is 26.8 Å². The quantitative estimate of drug-likeness (QED) is 0.570. The average Bonchev–Trinajstić information content (AvgIpc) is 3.42. The molecule has 0 saturated heterocycles. The van der Waals surface area contributed by atoms with E-state index in [-0.39, 0.29) is 11.6 Å². The minimum atomic E-state index is -0.418. The summed E-state index contributed by atoms with van der Waals surface area (Å²) in [6.07, 6.45) is 7.20. The van der Waals surface area contributed by atoms with Gasteiger partial charge >= 0.3 is 0 Å². The number of rotatable bonds is 6. The predicted molar refractivity (Wildman–Crippen MR) is 97.6 cm³/mol. The number of para-hydroxylation sites is 1. The number of benzene rings is 1. The maximum Gasteiger partial charge on any atom is 0.256 e. The molecule has 4 aromatic rings. The first-order valence-electron chi connectivity index (χ1n) is 8.51. The van der Waals surface area contributed by atoms with Crippen LogP contribution in [0.1, 0.15) is 16.1 Å². The van der Waals surface area contributed by atoms with Gasteiger partial charge in [-0.2, -0.15) is 5.10 Å². The van der Waals surface area contributed by atoms with Crippen LogP contribution in [0.4, 0.5) is 4.39 Å². The van der Waals surface area contributed by atoms with Gasteiger partial charge < -0.3 is 14.3 Å². The summed E-state index contributed by atoms with van der Waals surface area (Å²) in [5.74, 6) is 0.565. The van der Waals surface area contributed by atoms with Crippen LogP contribution < -0.4 is 5.32 Å². The lowest BCUT2D eigenvalue weighted by molar-refractivity contribution is 0.0953. The van der Waals surface area contributed by atoms with E-state index < -0.39 is 5.82 Å². The lowest BCUT2D eigenvalue weighted by atomic mass is 10.2. The molecule has 3 heterocycles. The van der Waals surface area contributed by atoms with Crippen molar-refractivity contribution in [3.63, 3.8) is 0 Å². The van der Waals surface area contributed by atoms with E-state index in [0.29, 0.717) is 24.3 Å². The second-order valence-corrected chi connectivity index (χ2v) is 5.92. The number of carbonyl (C=O) groups is 1. The number of halogens is 1. The van der Waals surface area contributed by atoms with E-state index in [9.17, 15) is 9.18 Å². The van der Waals surface area contributed by atoms with Crippen LogP contribution in [0, 0.1) is 5.82 Å². The van der Waals surface area contributed by atoms with Crippen LogP contribution in [0.5, 0.6) is 0 Å². The third kappa shape index (κ3) is 3.39. The predicted octanol–water partition coefficient (Wildman–Crippen LogP) is 3.37. The van der Waals surface area contributed by atoms with Crippen molar-refractivity contribution in [1.82, 2.24) is 19.7 Å². The van der Waals surface area contributed by atoms with Crippen LogP contribution in [-0.2, 0) is 6.42 Å². The van der Waals surface area contributed by atoms with E-state index in [4.69, 9.17) is 4.42 Å². The van der Waals surface area contributed by atoms with Crippen molar-refractivity contribution in [2.24, 2.45) is 0 Å². The Hall–Kier alpha value is -3.61. The molecule has 7 heteroatoms. The second kappa shape index (κ2) is 7.33. The molecule has 0 fully saturated rings. The number of furan rings is 1. The fourth-order valence-corrected chi connectivity index (χ4v) is 2.88.